The molecule has 0 bridgehead atoms. The minimum Gasteiger partial charge on any atom is -0.341 e. The molecule has 2 rings (SSSR count). The number of nitrogens with zero attached hydrogens (tertiary/aromatic N) is 2. The molecule has 1 atom stereocenters. The van der Waals surface area contributed by atoms with Crippen molar-refractivity contribution in [2.24, 2.45) is 11.7 Å². The maximum absolute atomic E-state index is 12.4. The van der Waals surface area contributed by atoms with Gasteiger partial charge < -0.3 is 10.6 Å². The van der Waals surface area contributed by atoms with Crippen molar-refractivity contribution in [1.29, 1.82) is 0 Å². The van der Waals surface area contributed by atoms with Gasteiger partial charge in [0, 0.05) is 31.9 Å². The number of carbonyl (C=O) groups excluding carboxylic acids is 1. The Morgan fingerprint density at radius 1 is 1.35 bits per heavy atom. The topological polar surface area (TPSA) is 75.0 Å². The molecule has 0 saturated heterocycles. The van der Waals surface area contributed by atoms with Gasteiger partial charge in [0.05, 0.1) is 12.1 Å². The van der Waals surface area contributed by atoms with E-state index in [0.717, 1.165) is 11.1 Å². The lowest BCUT2D eigenvalue weighted by Gasteiger charge is -2.22. The first-order valence-electron chi connectivity index (χ1n) is 6.67. The molecule has 1 heterocycles. The summed E-state index contributed by atoms with van der Waals surface area (Å²) in [5.41, 5.74) is 7.88. The summed E-state index contributed by atoms with van der Waals surface area (Å²) >= 11 is 0. The van der Waals surface area contributed by atoms with Crippen LogP contribution >= 0.6 is 0 Å². The highest BCUT2D eigenvalue weighted by Crippen LogP contribution is 2.12. The minimum atomic E-state index is -0.186. The van der Waals surface area contributed by atoms with Crippen molar-refractivity contribution in [2.45, 2.75) is 13.0 Å². The van der Waals surface area contributed by atoms with Crippen LogP contribution in [0.15, 0.2) is 42.7 Å². The fourth-order valence-electron chi connectivity index (χ4n) is 2.20. The highest BCUT2D eigenvalue weighted by Gasteiger charge is 2.21. The lowest BCUT2D eigenvalue weighted by molar-refractivity contribution is -0.134. The summed E-state index contributed by atoms with van der Waals surface area (Å²) in [4.78, 5) is 14.1. The Labute approximate surface area is 118 Å². The fraction of sp³-hybridized carbons (Fsp3) is 0.333. The van der Waals surface area contributed by atoms with Crippen LogP contribution in [0.25, 0.3) is 0 Å². The first kappa shape index (κ1) is 14.3. The van der Waals surface area contributed by atoms with Gasteiger partial charge in [-0.05, 0) is 12.0 Å². The van der Waals surface area contributed by atoms with E-state index in [4.69, 9.17) is 5.73 Å². The quantitative estimate of drug-likeness (QED) is 0.829. The molecule has 1 aromatic carbocycles. The van der Waals surface area contributed by atoms with E-state index < -0.39 is 0 Å². The molecule has 1 unspecified atom stereocenters. The first-order chi connectivity index (χ1) is 9.70. The van der Waals surface area contributed by atoms with Crippen molar-refractivity contribution in [3.05, 3.63) is 53.9 Å². The molecular weight excluding hydrogens is 252 g/mol. The second kappa shape index (κ2) is 6.86. The van der Waals surface area contributed by atoms with Gasteiger partial charge >= 0.3 is 0 Å². The molecule has 3 N–H and O–H groups in total. The van der Waals surface area contributed by atoms with Gasteiger partial charge in [0.1, 0.15) is 0 Å². The van der Waals surface area contributed by atoms with Gasteiger partial charge in [0.25, 0.3) is 0 Å². The second-order valence-electron chi connectivity index (χ2n) is 4.92. The van der Waals surface area contributed by atoms with Gasteiger partial charge in [-0.3, -0.25) is 9.89 Å². The molecule has 5 nitrogen and oxygen atoms in total. The molecule has 1 aromatic heterocycles. The summed E-state index contributed by atoms with van der Waals surface area (Å²) in [6, 6.07) is 9.96. The molecule has 0 aliphatic carbocycles. The minimum absolute atomic E-state index is 0.0672. The molecule has 106 valence electrons. The van der Waals surface area contributed by atoms with E-state index in [1.165, 1.54) is 0 Å². The summed E-state index contributed by atoms with van der Waals surface area (Å²) in [6.07, 6.45) is 4.18. The predicted octanol–water partition coefficient (Wildman–Crippen LogP) is 1.19. The fourth-order valence-corrected chi connectivity index (χ4v) is 2.20. The number of hydrogen-bond acceptors (Lipinski definition) is 3. The van der Waals surface area contributed by atoms with Crippen molar-refractivity contribution in [2.75, 3.05) is 13.6 Å². The van der Waals surface area contributed by atoms with Gasteiger partial charge in [-0.25, -0.2) is 0 Å². The van der Waals surface area contributed by atoms with E-state index in [2.05, 4.69) is 10.2 Å². The Morgan fingerprint density at radius 2 is 2.10 bits per heavy atom. The van der Waals surface area contributed by atoms with Crippen LogP contribution in [0.3, 0.4) is 0 Å². The Kier molecular flexibility index (Phi) is 4.90. The van der Waals surface area contributed by atoms with Crippen LogP contribution in [0.4, 0.5) is 0 Å². The Morgan fingerprint density at radius 3 is 2.70 bits per heavy atom. The van der Waals surface area contributed by atoms with Gasteiger partial charge in [0.2, 0.25) is 5.91 Å². The molecule has 0 spiro atoms. The van der Waals surface area contributed by atoms with Crippen molar-refractivity contribution >= 4 is 5.91 Å². The van der Waals surface area contributed by atoms with Crippen LogP contribution in [0.2, 0.25) is 0 Å². The number of rotatable bonds is 6. The number of H-pyrrole nitrogens is 1. The lowest BCUT2D eigenvalue weighted by Crippen LogP contribution is -2.37. The van der Waals surface area contributed by atoms with Crippen LogP contribution in [0, 0.1) is 5.92 Å². The zero-order valence-corrected chi connectivity index (χ0v) is 11.6. The van der Waals surface area contributed by atoms with E-state index in [-0.39, 0.29) is 11.8 Å². The molecule has 0 aliphatic heterocycles. The number of hydrogen-bond donors (Lipinski definition) is 2. The molecule has 5 heteroatoms. The monoisotopic (exact) mass is 272 g/mol. The molecule has 20 heavy (non-hydrogen) atoms. The SMILES string of the molecule is CN(Cc1cn[nH]c1)C(=O)C(CN)Cc1ccccc1. The largest absolute Gasteiger partial charge is 0.341 e. The van der Waals surface area contributed by atoms with E-state index in [1.807, 2.05) is 30.3 Å². The second-order valence-corrected chi connectivity index (χ2v) is 4.92. The standard InChI is InChI=1S/C15H20N4O/c1-19(11-13-9-17-18-10-13)15(20)14(8-16)7-12-5-3-2-4-6-12/h2-6,9-10,14H,7-8,11,16H2,1H3,(H,17,18). The predicted molar refractivity (Wildman–Crippen MR) is 77.8 cm³/mol. The van der Waals surface area contributed by atoms with Gasteiger partial charge in [-0.1, -0.05) is 30.3 Å². The average Bonchev–Trinajstić information content (AvgIpc) is 2.98. The molecule has 0 radical (unpaired) electrons. The zero-order valence-electron chi connectivity index (χ0n) is 11.6. The number of carbonyl (C=O) groups is 1. The average molecular weight is 272 g/mol. The van der Waals surface area contributed by atoms with Crippen LogP contribution in [-0.4, -0.2) is 34.6 Å². The van der Waals surface area contributed by atoms with E-state index >= 15 is 0 Å². The van der Waals surface area contributed by atoms with Gasteiger partial charge in [-0.2, -0.15) is 5.10 Å². The number of amides is 1. The maximum Gasteiger partial charge on any atom is 0.227 e. The van der Waals surface area contributed by atoms with Crippen LogP contribution in [0.1, 0.15) is 11.1 Å². The normalized spacial score (nSPS) is 12.1. The Hall–Kier alpha value is -2.14. The number of nitrogens with one attached hydrogen (secondary N) is 1. The summed E-state index contributed by atoms with van der Waals surface area (Å²) in [6.45, 7) is 0.893. The molecule has 0 aliphatic rings. The maximum atomic E-state index is 12.4. The molecular formula is C15H20N4O. The summed E-state index contributed by atoms with van der Waals surface area (Å²) in [5.74, 6) is -0.119. The van der Waals surface area contributed by atoms with E-state index in [1.54, 1.807) is 24.3 Å². The first-order valence-corrected chi connectivity index (χ1v) is 6.67. The van der Waals surface area contributed by atoms with Crippen molar-refractivity contribution in [3.63, 3.8) is 0 Å². The van der Waals surface area contributed by atoms with Crippen LogP contribution < -0.4 is 5.73 Å². The number of benzene rings is 1. The van der Waals surface area contributed by atoms with Crippen LogP contribution in [0.5, 0.6) is 0 Å². The van der Waals surface area contributed by atoms with Crippen molar-refractivity contribution < 1.29 is 4.79 Å². The van der Waals surface area contributed by atoms with E-state index in [9.17, 15) is 4.79 Å². The smallest absolute Gasteiger partial charge is 0.227 e. The van der Waals surface area contributed by atoms with Crippen LogP contribution in [-0.2, 0) is 17.8 Å². The third-order valence-electron chi connectivity index (χ3n) is 3.31. The third kappa shape index (κ3) is 3.68. The number of aromatic nitrogens is 2. The van der Waals surface area contributed by atoms with Gasteiger partial charge in [-0.15, -0.1) is 0 Å². The zero-order chi connectivity index (χ0) is 14.4. The Bertz CT molecular complexity index is 524. The lowest BCUT2D eigenvalue weighted by atomic mass is 9.98. The highest BCUT2D eigenvalue weighted by molar-refractivity contribution is 5.79. The van der Waals surface area contributed by atoms with Crippen molar-refractivity contribution in [3.8, 4) is 0 Å². The van der Waals surface area contributed by atoms with Gasteiger partial charge in [0.15, 0.2) is 0 Å². The third-order valence-corrected chi connectivity index (χ3v) is 3.31. The number of aromatic amines is 1. The molecule has 2 aromatic rings. The molecule has 0 saturated carbocycles. The molecule has 1 amide bonds. The summed E-state index contributed by atoms with van der Waals surface area (Å²) in [7, 11) is 1.79. The highest BCUT2D eigenvalue weighted by atomic mass is 16.2. The summed E-state index contributed by atoms with van der Waals surface area (Å²) < 4.78 is 0. The Balaban J connectivity index is 1.97. The summed E-state index contributed by atoms with van der Waals surface area (Å²) in [5, 5.41) is 6.62. The molecule has 0 fully saturated rings. The van der Waals surface area contributed by atoms with E-state index in [0.29, 0.717) is 19.5 Å². The number of nitrogens with two attached hydrogens (primary N) is 1. The van der Waals surface area contributed by atoms with Crippen molar-refractivity contribution in [1.82, 2.24) is 15.1 Å².